The summed E-state index contributed by atoms with van der Waals surface area (Å²) in [6, 6.07) is 7.20. The van der Waals surface area contributed by atoms with Gasteiger partial charge in [-0.3, -0.25) is 4.90 Å². The van der Waals surface area contributed by atoms with E-state index < -0.39 is 0 Å². The molecule has 0 spiro atoms. The number of aryl methyl sites for hydroxylation is 1. The molecule has 4 heteroatoms. The molecule has 0 radical (unpaired) electrons. The van der Waals surface area contributed by atoms with Gasteiger partial charge in [0.15, 0.2) is 0 Å². The molecule has 2 aromatic heterocycles. The van der Waals surface area contributed by atoms with Gasteiger partial charge in [-0.05, 0) is 50.5 Å². The molecule has 0 saturated carbocycles. The summed E-state index contributed by atoms with van der Waals surface area (Å²) in [7, 11) is 2.21. The molecule has 0 amide bonds. The van der Waals surface area contributed by atoms with Crippen molar-refractivity contribution in [3.05, 3.63) is 43.8 Å². The molecule has 0 aromatic carbocycles. The van der Waals surface area contributed by atoms with Gasteiger partial charge in [0.05, 0.1) is 0 Å². The molecular weight excluding hydrogens is 284 g/mol. The van der Waals surface area contributed by atoms with Crippen LogP contribution in [0, 0.1) is 6.92 Å². The van der Waals surface area contributed by atoms with Crippen LogP contribution in [-0.2, 0) is 13.1 Å². The second-order valence-corrected chi connectivity index (χ2v) is 7.50. The van der Waals surface area contributed by atoms with Gasteiger partial charge >= 0.3 is 0 Å². The Balaban J connectivity index is 2.00. The average Bonchev–Trinajstić information content (AvgIpc) is 3.06. The molecule has 0 aliphatic rings. The van der Waals surface area contributed by atoms with E-state index in [1.807, 2.05) is 22.7 Å². The molecule has 1 unspecified atom stereocenters. The van der Waals surface area contributed by atoms with Crippen LogP contribution in [0.25, 0.3) is 0 Å². The van der Waals surface area contributed by atoms with Gasteiger partial charge in [0.2, 0.25) is 0 Å². The van der Waals surface area contributed by atoms with Crippen LogP contribution in [0.2, 0.25) is 0 Å². The Morgan fingerprint density at radius 1 is 1.40 bits per heavy atom. The molecule has 0 bridgehead atoms. The van der Waals surface area contributed by atoms with Gasteiger partial charge in [-0.2, -0.15) is 0 Å². The van der Waals surface area contributed by atoms with E-state index >= 15 is 0 Å². The predicted octanol–water partition coefficient (Wildman–Crippen LogP) is 4.42. The Kier molecular flexibility index (Phi) is 5.78. The highest BCUT2D eigenvalue weighted by molar-refractivity contribution is 7.12. The first-order valence-electron chi connectivity index (χ1n) is 7.14. The van der Waals surface area contributed by atoms with Crippen LogP contribution in [-0.4, -0.2) is 18.5 Å². The molecule has 2 aromatic rings. The first-order valence-corrected chi connectivity index (χ1v) is 8.84. The van der Waals surface area contributed by atoms with Gasteiger partial charge < -0.3 is 5.32 Å². The number of hydrogen-bond donors (Lipinski definition) is 1. The zero-order valence-corrected chi connectivity index (χ0v) is 14.4. The Hall–Kier alpha value is -0.680. The average molecular weight is 309 g/mol. The van der Waals surface area contributed by atoms with Crippen molar-refractivity contribution in [2.24, 2.45) is 0 Å². The van der Waals surface area contributed by atoms with Gasteiger partial charge in [0.1, 0.15) is 0 Å². The van der Waals surface area contributed by atoms with Crippen molar-refractivity contribution in [2.75, 3.05) is 13.6 Å². The maximum atomic E-state index is 3.40. The van der Waals surface area contributed by atoms with Crippen molar-refractivity contribution < 1.29 is 0 Å². The largest absolute Gasteiger partial charge is 0.312 e. The van der Waals surface area contributed by atoms with E-state index in [4.69, 9.17) is 0 Å². The number of rotatable bonds is 7. The summed E-state index contributed by atoms with van der Waals surface area (Å²) >= 11 is 3.76. The number of thiophene rings is 2. The maximum Gasteiger partial charge on any atom is 0.0413 e. The smallest absolute Gasteiger partial charge is 0.0413 e. The first kappa shape index (κ1) is 15.7. The Morgan fingerprint density at radius 2 is 2.20 bits per heavy atom. The van der Waals surface area contributed by atoms with Crippen molar-refractivity contribution >= 4 is 22.7 Å². The highest BCUT2D eigenvalue weighted by atomic mass is 32.1. The third-order valence-corrected chi connectivity index (χ3v) is 5.79. The summed E-state index contributed by atoms with van der Waals surface area (Å²) in [5.41, 5.74) is 1.47. The normalized spacial score (nSPS) is 13.1. The van der Waals surface area contributed by atoms with E-state index in [1.165, 1.54) is 20.2 Å². The second-order valence-electron chi connectivity index (χ2n) is 5.18. The SMILES string of the molecule is CCNCc1cc(CN(C)C(C)c2cccs2)c(C)s1. The van der Waals surface area contributed by atoms with Crippen molar-refractivity contribution in [1.82, 2.24) is 10.2 Å². The molecule has 0 aliphatic heterocycles. The minimum atomic E-state index is 0.478. The van der Waals surface area contributed by atoms with Crippen LogP contribution < -0.4 is 5.32 Å². The molecule has 1 atom stereocenters. The third-order valence-electron chi connectivity index (χ3n) is 3.66. The van der Waals surface area contributed by atoms with E-state index in [0.717, 1.165) is 19.6 Å². The van der Waals surface area contributed by atoms with Crippen LogP contribution >= 0.6 is 22.7 Å². The van der Waals surface area contributed by atoms with Crippen molar-refractivity contribution in [2.45, 2.75) is 39.9 Å². The summed E-state index contributed by atoms with van der Waals surface area (Å²) < 4.78 is 0. The van der Waals surface area contributed by atoms with Crippen LogP contribution in [0.3, 0.4) is 0 Å². The van der Waals surface area contributed by atoms with Gasteiger partial charge in [-0.25, -0.2) is 0 Å². The van der Waals surface area contributed by atoms with Gasteiger partial charge in [-0.1, -0.05) is 13.0 Å². The lowest BCUT2D eigenvalue weighted by atomic mass is 10.2. The highest BCUT2D eigenvalue weighted by Gasteiger charge is 2.15. The fraction of sp³-hybridized carbons (Fsp3) is 0.500. The minimum Gasteiger partial charge on any atom is -0.312 e. The zero-order chi connectivity index (χ0) is 14.5. The van der Waals surface area contributed by atoms with Crippen molar-refractivity contribution in [3.8, 4) is 0 Å². The van der Waals surface area contributed by atoms with E-state index in [0.29, 0.717) is 6.04 Å². The summed E-state index contributed by atoms with van der Waals surface area (Å²) in [6.45, 7) is 9.71. The quantitative estimate of drug-likeness (QED) is 0.814. The third kappa shape index (κ3) is 3.92. The molecular formula is C16H24N2S2. The van der Waals surface area contributed by atoms with Crippen LogP contribution in [0.4, 0.5) is 0 Å². The van der Waals surface area contributed by atoms with E-state index in [2.05, 4.69) is 61.6 Å². The molecule has 0 fully saturated rings. The zero-order valence-electron chi connectivity index (χ0n) is 12.8. The van der Waals surface area contributed by atoms with Crippen LogP contribution in [0.15, 0.2) is 23.6 Å². The summed E-state index contributed by atoms with van der Waals surface area (Å²) in [5.74, 6) is 0. The summed E-state index contributed by atoms with van der Waals surface area (Å²) in [4.78, 5) is 6.76. The number of nitrogens with one attached hydrogen (secondary N) is 1. The monoisotopic (exact) mass is 308 g/mol. The predicted molar refractivity (Wildman–Crippen MR) is 90.6 cm³/mol. The lowest BCUT2D eigenvalue weighted by Crippen LogP contribution is -2.21. The fourth-order valence-corrected chi connectivity index (χ4v) is 4.10. The Morgan fingerprint density at radius 3 is 2.85 bits per heavy atom. The fourth-order valence-electron chi connectivity index (χ4n) is 2.23. The molecule has 0 aliphatic carbocycles. The van der Waals surface area contributed by atoms with Crippen LogP contribution in [0.5, 0.6) is 0 Å². The lowest BCUT2D eigenvalue weighted by Gasteiger charge is -2.23. The maximum absolute atomic E-state index is 3.40. The van der Waals surface area contributed by atoms with Gasteiger partial charge in [-0.15, -0.1) is 22.7 Å². The molecule has 0 saturated heterocycles. The molecule has 2 rings (SSSR count). The number of hydrogen-bond acceptors (Lipinski definition) is 4. The topological polar surface area (TPSA) is 15.3 Å². The minimum absolute atomic E-state index is 0.478. The lowest BCUT2D eigenvalue weighted by molar-refractivity contribution is 0.256. The van der Waals surface area contributed by atoms with Crippen molar-refractivity contribution in [1.29, 1.82) is 0 Å². The Bertz CT molecular complexity index is 517. The van der Waals surface area contributed by atoms with E-state index in [9.17, 15) is 0 Å². The van der Waals surface area contributed by atoms with E-state index in [1.54, 1.807) is 0 Å². The molecule has 2 nitrogen and oxygen atoms in total. The standard InChI is InChI=1S/C16H24N2S2/c1-5-17-10-15-9-14(13(3)20-15)11-18(4)12(2)16-7-6-8-19-16/h6-9,12,17H,5,10-11H2,1-4H3. The van der Waals surface area contributed by atoms with E-state index in [-0.39, 0.29) is 0 Å². The first-order chi connectivity index (χ1) is 9.61. The molecule has 110 valence electrons. The second kappa shape index (κ2) is 7.36. The summed E-state index contributed by atoms with van der Waals surface area (Å²) in [6.07, 6.45) is 0. The summed E-state index contributed by atoms with van der Waals surface area (Å²) in [5, 5.41) is 5.56. The van der Waals surface area contributed by atoms with Crippen LogP contribution in [0.1, 0.15) is 40.1 Å². The number of nitrogens with zero attached hydrogens (tertiary/aromatic N) is 1. The molecule has 1 N–H and O–H groups in total. The molecule has 2 heterocycles. The molecule has 20 heavy (non-hydrogen) atoms. The van der Waals surface area contributed by atoms with Gasteiger partial charge in [0, 0.05) is 33.8 Å². The van der Waals surface area contributed by atoms with Gasteiger partial charge in [0.25, 0.3) is 0 Å². The Labute approximate surface area is 130 Å². The highest BCUT2D eigenvalue weighted by Crippen LogP contribution is 2.28. The van der Waals surface area contributed by atoms with Crippen molar-refractivity contribution in [3.63, 3.8) is 0 Å².